The van der Waals surface area contributed by atoms with E-state index in [9.17, 15) is 4.79 Å². The van der Waals surface area contributed by atoms with Gasteiger partial charge in [0.1, 0.15) is 6.61 Å². The van der Waals surface area contributed by atoms with Gasteiger partial charge in [0.15, 0.2) is 5.69 Å². The van der Waals surface area contributed by atoms with Gasteiger partial charge in [-0.2, -0.15) is 0 Å². The van der Waals surface area contributed by atoms with E-state index in [1.807, 2.05) is 0 Å². The first-order chi connectivity index (χ1) is 8.66. The normalized spacial score (nSPS) is 10.1. The smallest absolute Gasteiger partial charge is 0.358 e. The standard InChI is InChI=1S/C12H8Cl2N2O2/c13-9-2-1-8(10(14)5-9)7-18-12(17)11-6-15-3-4-16-11/h1-6H,7H2. The number of benzene rings is 1. The highest BCUT2D eigenvalue weighted by atomic mass is 35.5. The molecule has 1 heterocycles. The van der Waals surface area contributed by atoms with Gasteiger partial charge in [-0.1, -0.05) is 29.3 Å². The van der Waals surface area contributed by atoms with Gasteiger partial charge in [-0.05, 0) is 12.1 Å². The molecule has 2 aromatic rings. The fraction of sp³-hybridized carbons (Fsp3) is 0.0833. The van der Waals surface area contributed by atoms with Crippen LogP contribution in [-0.2, 0) is 11.3 Å². The van der Waals surface area contributed by atoms with Crippen molar-refractivity contribution < 1.29 is 9.53 Å². The summed E-state index contributed by atoms with van der Waals surface area (Å²) < 4.78 is 5.07. The van der Waals surface area contributed by atoms with Crippen LogP contribution in [0.4, 0.5) is 0 Å². The van der Waals surface area contributed by atoms with Gasteiger partial charge in [0.05, 0.1) is 6.20 Å². The zero-order valence-corrected chi connectivity index (χ0v) is 10.6. The summed E-state index contributed by atoms with van der Waals surface area (Å²) in [7, 11) is 0. The predicted molar refractivity (Wildman–Crippen MR) is 67.6 cm³/mol. The van der Waals surface area contributed by atoms with E-state index < -0.39 is 5.97 Å². The summed E-state index contributed by atoms with van der Waals surface area (Å²) >= 11 is 11.7. The molecular weight excluding hydrogens is 275 g/mol. The van der Waals surface area contributed by atoms with E-state index in [2.05, 4.69) is 9.97 Å². The number of aromatic nitrogens is 2. The molecule has 0 fully saturated rings. The number of nitrogens with zero attached hydrogens (tertiary/aromatic N) is 2. The molecule has 18 heavy (non-hydrogen) atoms. The van der Waals surface area contributed by atoms with Gasteiger partial charge in [-0.15, -0.1) is 0 Å². The topological polar surface area (TPSA) is 52.1 Å². The Kier molecular flexibility index (Phi) is 4.12. The fourth-order valence-corrected chi connectivity index (χ4v) is 1.72. The SMILES string of the molecule is O=C(OCc1ccc(Cl)cc1Cl)c1cnccn1. The number of hydrogen-bond donors (Lipinski definition) is 0. The molecule has 0 unspecified atom stereocenters. The molecule has 1 aromatic heterocycles. The number of carbonyl (C=O) groups is 1. The molecule has 6 heteroatoms. The second kappa shape index (κ2) is 5.80. The van der Waals surface area contributed by atoms with Crippen LogP contribution < -0.4 is 0 Å². The van der Waals surface area contributed by atoms with Crippen molar-refractivity contribution in [2.24, 2.45) is 0 Å². The Morgan fingerprint density at radius 2 is 2.11 bits per heavy atom. The Morgan fingerprint density at radius 1 is 1.28 bits per heavy atom. The van der Waals surface area contributed by atoms with Crippen molar-refractivity contribution in [2.75, 3.05) is 0 Å². The summed E-state index contributed by atoms with van der Waals surface area (Å²) in [5, 5.41) is 0.985. The molecule has 0 atom stereocenters. The molecule has 0 aliphatic heterocycles. The molecule has 0 radical (unpaired) electrons. The summed E-state index contributed by atoms with van der Waals surface area (Å²) in [4.78, 5) is 19.2. The Hall–Kier alpha value is -1.65. The molecule has 0 aliphatic rings. The maximum Gasteiger partial charge on any atom is 0.358 e. The van der Waals surface area contributed by atoms with Gasteiger partial charge < -0.3 is 4.74 Å². The van der Waals surface area contributed by atoms with Crippen LogP contribution in [0.15, 0.2) is 36.8 Å². The number of ether oxygens (including phenoxy) is 1. The van der Waals surface area contributed by atoms with Crippen LogP contribution in [0.2, 0.25) is 10.0 Å². The molecule has 0 spiro atoms. The molecule has 0 N–H and O–H groups in total. The summed E-state index contributed by atoms with van der Waals surface area (Å²) in [5.41, 5.74) is 0.834. The number of carbonyl (C=O) groups excluding carboxylic acids is 1. The zero-order chi connectivity index (χ0) is 13.0. The van der Waals surface area contributed by atoms with E-state index in [0.717, 1.165) is 0 Å². The third-order valence-corrected chi connectivity index (χ3v) is 2.73. The van der Waals surface area contributed by atoms with Crippen molar-refractivity contribution in [1.82, 2.24) is 9.97 Å². The van der Waals surface area contributed by atoms with Gasteiger partial charge in [0, 0.05) is 28.0 Å². The van der Waals surface area contributed by atoms with Crippen molar-refractivity contribution >= 4 is 29.2 Å². The zero-order valence-electron chi connectivity index (χ0n) is 9.14. The van der Waals surface area contributed by atoms with Crippen LogP contribution >= 0.6 is 23.2 Å². The Labute approximate surface area is 114 Å². The van der Waals surface area contributed by atoms with E-state index in [1.54, 1.807) is 18.2 Å². The third-order valence-electron chi connectivity index (χ3n) is 2.15. The molecule has 0 saturated heterocycles. The molecule has 92 valence electrons. The number of esters is 1. The van der Waals surface area contributed by atoms with Crippen molar-refractivity contribution in [3.8, 4) is 0 Å². The lowest BCUT2D eigenvalue weighted by Crippen LogP contribution is -2.07. The third kappa shape index (κ3) is 3.18. The highest BCUT2D eigenvalue weighted by molar-refractivity contribution is 6.35. The molecule has 1 aromatic carbocycles. The van der Waals surface area contributed by atoms with Gasteiger partial charge in [-0.25, -0.2) is 9.78 Å². The summed E-state index contributed by atoms with van der Waals surface area (Å²) in [6.45, 7) is 0.0609. The van der Waals surface area contributed by atoms with Gasteiger partial charge in [0.25, 0.3) is 0 Å². The highest BCUT2D eigenvalue weighted by Gasteiger charge is 2.10. The summed E-state index contributed by atoms with van der Waals surface area (Å²) in [6, 6.07) is 4.97. The van der Waals surface area contributed by atoms with Crippen molar-refractivity contribution in [3.05, 3.63) is 58.1 Å². The highest BCUT2D eigenvalue weighted by Crippen LogP contribution is 2.21. The first kappa shape index (κ1) is 12.8. The first-order valence-corrected chi connectivity index (χ1v) is 5.79. The van der Waals surface area contributed by atoms with Crippen LogP contribution in [0.25, 0.3) is 0 Å². The maximum atomic E-state index is 11.6. The van der Waals surface area contributed by atoms with Crippen molar-refractivity contribution in [1.29, 1.82) is 0 Å². The second-order valence-electron chi connectivity index (χ2n) is 3.40. The number of hydrogen-bond acceptors (Lipinski definition) is 4. The molecule has 0 aliphatic carbocycles. The van der Waals surface area contributed by atoms with Crippen molar-refractivity contribution in [3.63, 3.8) is 0 Å². The molecular formula is C12H8Cl2N2O2. The van der Waals surface area contributed by atoms with Crippen LogP contribution in [0, 0.1) is 0 Å². The van der Waals surface area contributed by atoms with Crippen LogP contribution in [-0.4, -0.2) is 15.9 Å². The van der Waals surface area contributed by atoms with Gasteiger partial charge in [-0.3, -0.25) is 4.98 Å². The molecule has 4 nitrogen and oxygen atoms in total. The summed E-state index contributed by atoms with van der Waals surface area (Å²) in [6.07, 6.45) is 4.24. The van der Waals surface area contributed by atoms with E-state index in [0.29, 0.717) is 15.6 Å². The average molecular weight is 283 g/mol. The number of halogens is 2. The van der Waals surface area contributed by atoms with Gasteiger partial charge in [0.2, 0.25) is 0 Å². The van der Waals surface area contributed by atoms with E-state index in [1.165, 1.54) is 18.6 Å². The van der Waals surface area contributed by atoms with Crippen molar-refractivity contribution in [2.45, 2.75) is 6.61 Å². The molecule has 0 saturated carbocycles. The van der Waals surface area contributed by atoms with E-state index in [-0.39, 0.29) is 12.3 Å². The minimum atomic E-state index is -0.547. The van der Waals surface area contributed by atoms with E-state index >= 15 is 0 Å². The second-order valence-corrected chi connectivity index (χ2v) is 4.25. The fourth-order valence-electron chi connectivity index (χ4n) is 1.26. The lowest BCUT2D eigenvalue weighted by Gasteiger charge is -2.06. The quantitative estimate of drug-likeness (QED) is 0.812. The number of rotatable bonds is 3. The molecule has 0 amide bonds. The minimum absolute atomic E-state index is 0.0609. The largest absolute Gasteiger partial charge is 0.456 e. The Balaban J connectivity index is 2.02. The van der Waals surface area contributed by atoms with E-state index in [4.69, 9.17) is 27.9 Å². The lowest BCUT2D eigenvalue weighted by molar-refractivity contribution is 0.0465. The van der Waals surface area contributed by atoms with Crippen LogP contribution in [0.1, 0.15) is 16.1 Å². The first-order valence-electron chi connectivity index (χ1n) is 5.04. The van der Waals surface area contributed by atoms with Crippen LogP contribution in [0.5, 0.6) is 0 Å². The van der Waals surface area contributed by atoms with Gasteiger partial charge >= 0.3 is 5.97 Å². The predicted octanol–water partition coefficient (Wildman–Crippen LogP) is 3.14. The average Bonchev–Trinajstić information content (AvgIpc) is 2.38. The minimum Gasteiger partial charge on any atom is -0.456 e. The van der Waals surface area contributed by atoms with Crippen LogP contribution in [0.3, 0.4) is 0 Å². The maximum absolute atomic E-state index is 11.6. The lowest BCUT2D eigenvalue weighted by atomic mass is 10.2. The Morgan fingerprint density at radius 3 is 2.78 bits per heavy atom. The molecule has 2 rings (SSSR count). The summed E-state index contributed by atoms with van der Waals surface area (Å²) in [5.74, 6) is -0.547. The monoisotopic (exact) mass is 282 g/mol. The molecule has 0 bridgehead atoms. The Bertz CT molecular complexity index is 561.